The third kappa shape index (κ3) is 3.94. The minimum absolute atomic E-state index is 0.245. The van der Waals surface area contributed by atoms with Gasteiger partial charge in [-0.25, -0.2) is 0 Å². The van der Waals surface area contributed by atoms with Crippen LogP contribution < -0.4 is 9.47 Å². The summed E-state index contributed by atoms with van der Waals surface area (Å²) in [5.74, 6) is 0.923. The summed E-state index contributed by atoms with van der Waals surface area (Å²) in [6.45, 7) is 0.245. The zero-order valence-corrected chi connectivity index (χ0v) is 16.6. The van der Waals surface area contributed by atoms with Crippen molar-refractivity contribution in [1.82, 2.24) is 4.90 Å². The van der Waals surface area contributed by atoms with E-state index in [-0.39, 0.29) is 17.7 Å². The topological polar surface area (TPSA) is 55.8 Å². The van der Waals surface area contributed by atoms with Crippen LogP contribution in [0.5, 0.6) is 11.5 Å². The minimum atomic E-state index is -0.305. The van der Waals surface area contributed by atoms with Crippen molar-refractivity contribution in [3.05, 3.63) is 63.0 Å². The molecule has 0 aliphatic carbocycles. The lowest BCUT2D eigenvalue weighted by atomic mass is 10.1. The average Bonchev–Trinajstić information content (AvgIpc) is 2.91. The second-order valence-corrected chi connectivity index (χ2v) is 7.41. The smallest absolute Gasteiger partial charge is 0.293 e. The maximum Gasteiger partial charge on any atom is 0.293 e. The van der Waals surface area contributed by atoms with E-state index in [0.29, 0.717) is 22.0 Å². The zero-order chi connectivity index (χ0) is 18.7. The van der Waals surface area contributed by atoms with Crippen molar-refractivity contribution < 1.29 is 19.1 Å². The molecule has 7 heteroatoms. The number of carbonyl (C=O) groups is 2. The predicted molar refractivity (Wildman–Crippen MR) is 105 cm³/mol. The summed E-state index contributed by atoms with van der Waals surface area (Å²) >= 11 is 4.30. The van der Waals surface area contributed by atoms with Crippen LogP contribution in [-0.4, -0.2) is 30.3 Å². The molecule has 2 aromatic carbocycles. The van der Waals surface area contributed by atoms with E-state index in [1.54, 1.807) is 38.5 Å². The molecular formula is C19H16BrNO4S. The van der Waals surface area contributed by atoms with E-state index in [1.165, 1.54) is 4.90 Å². The molecule has 0 bridgehead atoms. The number of hydrogen-bond acceptors (Lipinski definition) is 5. The van der Waals surface area contributed by atoms with Crippen molar-refractivity contribution in [3.8, 4) is 11.5 Å². The van der Waals surface area contributed by atoms with Crippen LogP contribution in [0.2, 0.25) is 0 Å². The van der Waals surface area contributed by atoms with Crippen LogP contribution in [0.3, 0.4) is 0 Å². The third-order valence-electron chi connectivity index (χ3n) is 3.85. The van der Waals surface area contributed by atoms with Gasteiger partial charge in [0, 0.05) is 16.1 Å². The normalized spacial score (nSPS) is 15.7. The van der Waals surface area contributed by atoms with Crippen molar-refractivity contribution in [2.75, 3.05) is 14.2 Å². The number of methoxy groups -OCH3 is 2. The number of benzene rings is 2. The lowest BCUT2D eigenvalue weighted by molar-refractivity contribution is -0.123. The first kappa shape index (κ1) is 18.5. The quantitative estimate of drug-likeness (QED) is 0.639. The predicted octanol–water partition coefficient (Wildman–Crippen LogP) is 4.70. The number of ether oxygens (including phenoxy) is 2. The number of thioether (sulfide) groups is 1. The van der Waals surface area contributed by atoms with Gasteiger partial charge >= 0.3 is 0 Å². The summed E-state index contributed by atoms with van der Waals surface area (Å²) in [4.78, 5) is 26.6. The monoisotopic (exact) mass is 433 g/mol. The number of hydrogen-bond donors (Lipinski definition) is 0. The first-order valence-corrected chi connectivity index (χ1v) is 9.34. The molecule has 2 amide bonds. The van der Waals surface area contributed by atoms with E-state index in [0.717, 1.165) is 21.8 Å². The molecule has 0 saturated carbocycles. The summed E-state index contributed by atoms with van der Waals surface area (Å²) in [6.07, 6.45) is 1.67. The molecule has 1 saturated heterocycles. The molecule has 2 aromatic rings. The number of amides is 2. The molecule has 0 unspecified atom stereocenters. The second kappa shape index (κ2) is 7.97. The van der Waals surface area contributed by atoms with Crippen LogP contribution in [0.15, 0.2) is 51.8 Å². The van der Waals surface area contributed by atoms with Gasteiger partial charge in [0.15, 0.2) is 0 Å². The van der Waals surface area contributed by atoms with Crippen molar-refractivity contribution in [3.63, 3.8) is 0 Å². The van der Waals surface area contributed by atoms with E-state index in [2.05, 4.69) is 15.9 Å². The van der Waals surface area contributed by atoms with E-state index >= 15 is 0 Å². The Morgan fingerprint density at radius 3 is 2.46 bits per heavy atom. The van der Waals surface area contributed by atoms with Crippen molar-refractivity contribution in [1.29, 1.82) is 0 Å². The molecule has 0 spiro atoms. The second-order valence-electron chi connectivity index (χ2n) is 5.50. The molecule has 134 valence electrons. The van der Waals surface area contributed by atoms with E-state index in [1.807, 2.05) is 24.3 Å². The third-order valence-corrected chi connectivity index (χ3v) is 5.29. The van der Waals surface area contributed by atoms with Gasteiger partial charge in [0.05, 0.1) is 25.7 Å². The van der Waals surface area contributed by atoms with Crippen LogP contribution in [0, 0.1) is 0 Å². The maximum atomic E-state index is 12.7. The molecule has 1 fully saturated rings. The summed E-state index contributed by atoms with van der Waals surface area (Å²) < 4.78 is 11.5. The molecule has 5 nitrogen and oxygen atoms in total. The lowest BCUT2D eigenvalue weighted by Gasteiger charge is -2.12. The van der Waals surface area contributed by atoms with Crippen LogP contribution in [-0.2, 0) is 11.3 Å². The van der Waals surface area contributed by atoms with Gasteiger partial charge in [-0.2, -0.15) is 0 Å². The van der Waals surface area contributed by atoms with Gasteiger partial charge in [0.2, 0.25) is 0 Å². The highest BCUT2D eigenvalue weighted by atomic mass is 79.9. The van der Waals surface area contributed by atoms with Gasteiger partial charge in [-0.15, -0.1) is 0 Å². The Balaban J connectivity index is 1.84. The standard InChI is InChI=1S/C19H16BrNO4S/c1-24-15-8-5-13(16(10-15)25-2)9-17-18(22)21(19(23)26-17)11-12-3-6-14(20)7-4-12/h3-10H,11H2,1-2H3/b17-9-. The summed E-state index contributed by atoms with van der Waals surface area (Å²) in [6, 6.07) is 12.8. The summed E-state index contributed by atoms with van der Waals surface area (Å²) in [7, 11) is 3.12. The van der Waals surface area contributed by atoms with E-state index in [4.69, 9.17) is 9.47 Å². The first-order valence-electron chi connectivity index (χ1n) is 7.73. The molecular weight excluding hydrogens is 418 g/mol. The van der Waals surface area contributed by atoms with Crippen molar-refractivity contribution in [2.45, 2.75) is 6.54 Å². The highest BCUT2D eigenvalue weighted by Gasteiger charge is 2.35. The number of imide groups is 1. The number of nitrogens with zero attached hydrogens (tertiary/aromatic N) is 1. The molecule has 26 heavy (non-hydrogen) atoms. The Morgan fingerprint density at radius 2 is 1.81 bits per heavy atom. The van der Waals surface area contributed by atoms with Crippen molar-refractivity contribution >= 4 is 44.9 Å². The molecule has 0 aromatic heterocycles. The SMILES string of the molecule is COc1ccc(/C=C2\SC(=O)N(Cc3ccc(Br)cc3)C2=O)c(OC)c1. The summed E-state index contributed by atoms with van der Waals surface area (Å²) in [5.41, 5.74) is 1.60. The molecule has 1 aliphatic rings. The Bertz CT molecular complexity index is 880. The van der Waals surface area contributed by atoms with Gasteiger partial charge in [-0.3, -0.25) is 14.5 Å². The molecule has 0 atom stereocenters. The minimum Gasteiger partial charge on any atom is -0.497 e. The Hall–Kier alpha value is -2.25. The highest BCUT2D eigenvalue weighted by molar-refractivity contribution is 9.10. The van der Waals surface area contributed by atoms with E-state index < -0.39 is 0 Å². The molecule has 0 radical (unpaired) electrons. The zero-order valence-electron chi connectivity index (χ0n) is 14.2. The van der Waals surface area contributed by atoms with Gasteiger partial charge in [-0.1, -0.05) is 28.1 Å². The highest BCUT2D eigenvalue weighted by Crippen LogP contribution is 2.35. The lowest BCUT2D eigenvalue weighted by Crippen LogP contribution is -2.27. The van der Waals surface area contributed by atoms with Gasteiger partial charge in [0.25, 0.3) is 11.1 Å². The number of rotatable bonds is 5. The first-order chi connectivity index (χ1) is 12.5. The van der Waals surface area contributed by atoms with Crippen molar-refractivity contribution in [2.24, 2.45) is 0 Å². The largest absolute Gasteiger partial charge is 0.497 e. The van der Waals surface area contributed by atoms with Gasteiger partial charge < -0.3 is 9.47 Å². The van der Waals surface area contributed by atoms with Gasteiger partial charge in [0.1, 0.15) is 11.5 Å². The van der Waals surface area contributed by atoms with Gasteiger partial charge in [-0.05, 0) is 47.7 Å². The Kier molecular flexibility index (Phi) is 5.68. The maximum absolute atomic E-state index is 12.7. The summed E-state index contributed by atoms with van der Waals surface area (Å²) in [5, 5.41) is -0.281. The molecule has 1 heterocycles. The van der Waals surface area contributed by atoms with Crippen LogP contribution in [0.25, 0.3) is 6.08 Å². The fourth-order valence-corrected chi connectivity index (χ4v) is 3.58. The van der Waals surface area contributed by atoms with E-state index in [9.17, 15) is 9.59 Å². The van der Waals surface area contributed by atoms with Crippen LogP contribution in [0.4, 0.5) is 4.79 Å². The molecule has 3 rings (SSSR count). The number of halogens is 1. The number of carbonyl (C=O) groups excluding carboxylic acids is 2. The van der Waals surface area contributed by atoms with Crippen LogP contribution in [0.1, 0.15) is 11.1 Å². The molecule has 1 aliphatic heterocycles. The fourth-order valence-electron chi connectivity index (χ4n) is 2.49. The Morgan fingerprint density at radius 1 is 1.08 bits per heavy atom. The Labute approximate surface area is 164 Å². The molecule has 0 N–H and O–H groups in total. The average molecular weight is 434 g/mol. The van der Waals surface area contributed by atoms with Crippen LogP contribution >= 0.6 is 27.7 Å². The fraction of sp³-hybridized carbons (Fsp3) is 0.158.